The molecule has 0 aliphatic rings. The van der Waals surface area contributed by atoms with Crippen molar-refractivity contribution in [2.24, 2.45) is 0 Å². The van der Waals surface area contributed by atoms with Gasteiger partial charge in [0.15, 0.2) is 0 Å². The molecule has 0 bridgehead atoms. The number of nitrogens with zero attached hydrogens (tertiary/aromatic N) is 2. The summed E-state index contributed by atoms with van der Waals surface area (Å²) in [6.07, 6.45) is -4.54. The molecule has 0 atom stereocenters. The summed E-state index contributed by atoms with van der Waals surface area (Å²) in [5.74, 6) is -1.35. The van der Waals surface area contributed by atoms with Crippen molar-refractivity contribution >= 4 is 39.0 Å². The number of para-hydroxylation sites is 1. The van der Waals surface area contributed by atoms with Gasteiger partial charge in [-0.25, -0.2) is 9.97 Å². The summed E-state index contributed by atoms with van der Waals surface area (Å²) in [5.41, 5.74) is 0.662. The smallest absolute Gasteiger partial charge is 0.369 e. The predicted octanol–water partition coefficient (Wildman–Crippen LogP) is 4.46. The van der Waals surface area contributed by atoms with Crippen molar-refractivity contribution in [3.8, 4) is 0 Å². The van der Waals surface area contributed by atoms with Crippen molar-refractivity contribution in [1.82, 2.24) is 9.97 Å². The first kappa shape index (κ1) is 18.1. The number of hydrogen-bond donors (Lipinski definition) is 2. The molecular weight excluding hydrogens is 365 g/mol. The molecule has 0 fully saturated rings. The second kappa shape index (κ2) is 7.28. The summed E-state index contributed by atoms with van der Waals surface area (Å²) in [6.45, 7) is 1.94. The summed E-state index contributed by atoms with van der Waals surface area (Å²) in [5, 5.41) is 6.06. The quantitative estimate of drug-likeness (QED) is 0.686. The molecule has 3 rings (SSSR count). The highest BCUT2D eigenvalue weighted by Gasteiger charge is 2.35. The van der Waals surface area contributed by atoms with E-state index in [9.17, 15) is 18.0 Å². The predicted molar refractivity (Wildman–Crippen MR) is 95.3 cm³/mol. The average molecular weight is 380 g/mol. The second-order valence-corrected chi connectivity index (χ2v) is 6.80. The number of carbonyl (C=O) groups is 1. The zero-order chi connectivity index (χ0) is 18.7. The van der Waals surface area contributed by atoms with Crippen molar-refractivity contribution < 1.29 is 18.0 Å². The minimum Gasteiger partial charge on any atom is -0.369 e. The average Bonchev–Trinajstić information content (AvgIpc) is 2.95. The van der Waals surface area contributed by atoms with Crippen LogP contribution in [0.25, 0.3) is 10.2 Å². The molecule has 136 valence electrons. The SMILES string of the molecule is Cc1cc2c(NCCC(=O)Nc3ccccc3)nc(C(F)(F)F)nc2s1. The minimum atomic E-state index is -4.63. The lowest BCUT2D eigenvalue weighted by atomic mass is 10.3. The highest BCUT2D eigenvalue weighted by molar-refractivity contribution is 7.18. The first-order valence-corrected chi connectivity index (χ1v) is 8.59. The van der Waals surface area contributed by atoms with Crippen LogP contribution in [-0.4, -0.2) is 22.4 Å². The Kier molecular flexibility index (Phi) is 5.08. The van der Waals surface area contributed by atoms with E-state index in [-0.39, 0.29) is 29.5 Å². The summed E-state index contributed by atoms with van der Waals surface area (Å²) >= 11 is 1.17. The monoisotopic (exact) mass is 380 g/mol. The first-order chi connectivity index (χ1) is 12.3. The Balaban J connectivity index is 1.71. The van der Waals surface area contributed by atoms with Crippen molar-refractivity contribution in [1.29, 1.82) is 0 Å². The van der Waals surface area contributed by atoms with E-state index in [1.165, 1.54) is 11.3 Å². The maximum atomic E-state index is 13.0. The minimum absolute atomic E-state index is 0.0826. The van der Waals surface area contributed by atoms with Gasteiger partial charge in [0.1, 0.15) is 10.6 Å². The molecule has 5 nitrogen and oxygen atoms in total. The van der Waals surface area contributed by atoms with Crippen molar-refractivity contribution in [2.45, 2.75) is 19.5 Å². The van der Waals surface area contributed by atoms with E-state index in [1.54, 1.807) is 37.3 Å². The number of nitrogens with one attached hydrogen (secondary N) is 2. The third-order valence-electron chi connectivity index (χ3n) is 3.47. The number of halogens is 3. The second-order valence-electron chi connectivity index (χ2n) is 5.56. The van der Waals surface area contributed by atoms with Gasteiger partial charge in [-0.2, -0.15) is 13.2 Å². The maximum Gasteiger partial charge on any atom is 0.451 e. The van der Waals surface area contributed by atoms with Crippen LogP contribution in [0.1, 0.15) is 17.1 Å². The normalized spacial score (nSPS) is 11.5. The molecule has 0 aliphatic carbocycles. The molecule has 1 aromatic carbocycles. The first-order valence-electron chi connectivity index (χ1n) is 7.77. The van der Waals surface area contributed by atoms with Crippen LogP contribution in [-0.2, 0) is 11.0 Å². The van der Waals surface area contributed by atoms with Gasteiger partial charge in [0, 0.05) is 23.5 Å². The highest BCUT2D eigenvalue weighted by Crippen LogP contribution is 2.33. The molecule has 0 aliphatic heterocycles. The number of aromatic nitrogens is 2. The molecule has 0 unspecified atom stereocenters. The van der Waals surface area contributed by atoms with Crippen molar-refractivity contribution in [3.63, 3.8) is 0 Å². The Morgan fingerprint density at radius 1 is 1.19 bits per heavy atom. The van der Waals surface area contributed by atoms with Gasteiger partial charge in [0.25, 0.3) is 0 Å². The largest absolute Gasteiger partial charge is 0.451 e. The Bertz CT molecular complexity index is 925. The lowest BCUT2D eigenvalue weighted by Crippen LogP contribution is -2.18. The van der Waals surface area contributed by atoms with Gasteiger partial charge in [0.05, 0.1) is 5.39 Å². The number of anilines is 2. The van der Waals surface area contributed by atoms with Crippen LogP contribution in [0.5, 0.6) is 0 Å². The lowest BCUT2D eigenvalue weighted by Gasteiger charge is -2.10. The molecule has 26 heavy (non-hydrogen) atoms. The zero-order valence-electron chi connectivity index (χ0n) is 13.7. The highest BCUT2D eigenvalue weighted by atomic mass is 32.1. The Morgan fingerprint density at radius 2 is 1.92 bits per heavy atom. The number of thiophene rings is 1. The van der Waals surface area contributed by atoms with Gasteiger partial charge in [0.2, 0.25) is 11.7 Å². The molecule has 0 saturated carbocycles. The molecule has 0 radical (unpaired) electrons. The van der Waals surface area contributed by atoms with E-state index in [1.807, 2.05) is 6.07 Å². The molecule has 1 amide bonds. The topological polar surface area (TPSA) is 66.9 Å². The molecule has 2 N–H and O–H groups in total. The van der Waals surface area contributed by atoms with Gasteiger partial charge in [-0.05, 0) is 25.1 Å². The zero-order valence-corrected chi connectivity index (χ0v) is 14.5. The van der Waals surface area contributed by atoms with E-state index in [2.05, 4.69) is 20.6 Å². The fourth-order valence-corrected chi connectivity index (χ4v) is 3.22. The number of rotatable bonds is 5. The molecule has 2 heterocycles. The Morgan fingerprint density at radius 3 is 2.62 bits per heavy atom. The number of benzene rings is 1. The summed E-state index contributed by atoms with van der Waals surface area (Å²) in [4.78, 5) is 20.2. The number of amides is 1. The third-order valence-corrected chi connectivity index (χ3v) is 4.42. The van der Waals surface area contributed by atoms with Crippen LogP contribution in [0.15, 0.2) is 36.4 Å². The molecule has 9 heteroatoms. The Labute approximate surface area is 151 Å². The van der Waals surface area contributed by atoms with Crippen LogP contribution in [0, 0.1) is 6.92 Å². The summed E-state index contributed by atoms with van der Waals surface area (Å²) in [7, 11) is 0. The number of aryl methyl sites for hydroxylation is 1. The molecule has 2 aromatic heterocycles. The van der Waals surface area contributed by atoms with Gasteiger partial charge < -0.3 is 10.6 Å². The molecule has 3 aromatic rings. The summed E-state index contributed by atoms with van der Waals surface area (Å²) in [6, 6.07) is 10.7. The van der Waals surface area contributed by atoms with E-state index < -0.39 is 12.0 Å². The van der Waals surface area contributed by atoms with Gasteiger partial charge in [-0.3, -0.25) is 4.79 Å². The lowest BCUT2D eigenvalue weighted by molar-refractivity contribution is -0.144. The van der Waals surface area contributed by atoms with E-state index in [4.69, 9.17) is 0 Å². The fourth-order valence-electron chi connectivity index (χ4n) is 2.34. The van der Waals surface area contributed by atoms with Crippen LogP contribution >= 0.6 is 11.3 Å². The molecule has 0 saturated heterocycles. The van der Waals surface area contributed by atoms with Crippen molar-refractivity contribution in [3.05, 3.63) is 47.1 Å². The fraction of sp³-hybridized carbons (Fsp3) is 0.235. The standard InChI is InChI=1S/C17H15F3N4OS/c1-10-9-12-14(23-16(17(18,19)20)24-15(12)26-10)21-8-7-13(25)22-11-5-3-2-4-6-11/h2-6,9H,7-8H2,1H3,(H,22,25)(H,21,23,24). The van der Waals surface area contributed by atoms with Gasteiger partial charge in [-0.1, -0.05) is 18.2 Å². The molecular formula is C17H15F3N4OS. The van der Waals surface area contributed by atoms with Gasteiger partial charge >= 0.3 is 6.18 Å². The van der Waals surface area contributed by atoms with Crippen LogP contribution in [0.3, 0.4) is 0 Å². The van der Waals surface area contributed by atoms with Crippen LogP contribution < -0.4 is 10.6 Å². The van der Waals surface area contributed by atoms with E-state index in [0.717, 1.165) is 4.88 Å². The van der Waals surface area contributed by atoms with E-state index in [0.29, 0.717) is 11.1 Å². The third kappa shape index (κ3) is 4.29. The Hall–Kier alpha value is -2.68. The van der Waals surface area contributed by atoms with Crippen LogP contribution in [0.4, 0.5) is 24.7 Å². The maximum absolute atomic E-state index is 13.0. The van der Waals surface area contributed by atoms with Crippen molar-refractivity contribution in [2.75, 3.05) is 17.2 Å². The van der Waals surface area contributed by atoms with Gasteiger partial charge in [-0.15, -0.1) is 11.3 Å². The number of fused-ring (bicyclic) bond motifs is 1. The summed E-state index contributed by atoms with van der Waals surface area (Å²) < 4.78 is 38.9. The van der Waals surface area contributed by atoms with Crippen LogP contribution in [0.2, 0.25) is 0 Å². The van der Waals surface area contributed by atoms with E-state index >= 15 is 0 Å². The number of hydrogen-bond acceptors (Lipinski definition) is 5. The molecule has 0 spiro atoms. The number of alkyl halides is 3. The number of carbonyl (C=O) groups excluding carboxylic acids is 1.